The lowest BCUT2D eigenvalue weighted by atomic mass is 10.0. The lowest BCUT2D eigenvalue weighted by molar-refractivity contribution is -0.140. The van der Waals surface area contributed by atoms with Gasteiger partial charge in [0, 0.05) is 6.42 Å². The number of rotatable bonds is 15. The van der Waals surface area contributed by atoms with E-state index in [4.69, 9.17) is 0 Å². The second-order valence-electron chi connectivity index (χ2n) is 6.75. The number of ether oxygens (including phenoxy) is 1. The summed E-state index contributed by atoms with van der Waals surface area (Å²) >= 11 is 0. The normalized spacial score (nSPS) is 11.0. The van der Waals surface area contributed by atoms with Crippen molar-refractivity contribution in [1.82, 2.24) is 0 Å². The summed E-state index contributed by atoms with van der Waals surface area (Å²) in [5, 5.41) is 0. The average Bonchev–Trinajstić information content (AvgIpc) is 2.46. The number of hydrogen-bond donors (Lipinski definition) is 0. The fourth-order valence-electron chi connectivity index (χ4n) is 2.69. The Morgan fingerprint density at radius 2 is 1.10 bits per heavy atom. The van der Waals surface area contributed by atoms with Gasteiger partial charge >= 0.3 is 5.97 Å². The number of hydrogen-bond acceptors (Lipinski definition) is 2. The quantitative estimate of drug-likeness (QED) is 0.263. The summed E-state index contributed by atoms with van der Waals surface area (Å²) in [6.45, 7) is 4.63. The zero-order chi connectivity index (χ0) is 15.8. The molecular weight excluding hydrogens is 260 g/mol. The molecule has 0 fully saturated rings. The first-order valence-electron chi connectivity index (χ1n) is 9.23. The molecule has 0 saturated carbocycles. The van der Waals surface area contributed by atoms with Gasteiger partial charge in [0.25, 0.3) is 0 Å². The molecule has 2 heteroatoms. The first kappa shape index (κ1) is 20.5. The van der Waals surface area contributed by atoms with Crippen LogP contribution in [0.4, 0.5) is 0 Å². The van der Waals surface area contributed by atoms with Crippen molar-refractivity contribution in [1.29, 1.82) is 0 Å². The molecule has 0 bridgehead atoms. The molecule has 126 valence electrons. The van der Waals surface area contributed by atoms with Gasteiger partial charge in [0.15, 0.2) is 0 Å². The Kier molecular flexibility index (Phi) is 15.5. The van der Waals surface area contributed by atoms with Gasteiger partial charge in [0.1, 0.15) is 0 Å². The van der Waals surface area contributed by atoms with Gasteiger partial charge in [-0.15, -0.1) is 0 Å². The summed E-state index contributed by atoms with van der Waals surface area (Å²) in [6, 6.07) is 0. The summed E-state index contributed by atoms with van der Waals surface area (Å²) in [5.74, 6) is 0.806. The van der Waals surface area contributed by atoms with E-state index in [-0.39, 0.29) is 5.97 Å². The van der Waals surface area contributed by atoms with Gasteiger partial charge in [-0.25, -0.2) is 0 Å². The molecule has 0 aromatic carbocycles. The van der Waals surface area contributed by atoms with Gasteiger partial charge < -0.3 is 4.74 Å². The second kappa shape index (κ2) is 15.9. The minimum absolute atomic E-state index is 0.0663. The van der Waals surface area contributed by atoms with Crippen molar-refractivity contribution in [2.45, 2.75) is 104 Å². The molecule has 2 nitrogen and oxygen atoms in total. The Balaban J connectivity index is 3.01. The first-order valence-corrected chi connectivity index (χ1v) is 9.23. The Morgan fingerprint density at radius 1 is 0.714 bits per heavy atom. The predicted molar refractivity (Wildman–Crippen MR) is 91.5 cm³/mol. The third kappa shape index (κ3) is 17.4. The predicted octanol–water partition coefficient (Wildman–Crippen LogP) is 6.28. The van der Waals surface area contributed by atoms with Crippen molar-refractivity contribution in [2.24, 2.45) is 5.92 Å². The molecule has 0 aliphatic carbocycles. The van der Waals surface area contributed by atoms with Crippen molar-refractivity contribution < 1.29 is 9.53 Å². The van der Waals surface area contributed by atoms with Crippen LogP contribution in [0.15, 0.2) is 0 Å². The van der Waals surface area contributed by atoms with Crippen LogP contribution in [0.3, 0.4) is 0 Å². The molecule has 0 unspecified atom stereocenters. The van der Waals surface area contributed by atoms with Crippen LogP contribution >= 0.6 is 0 Å². The van der Waals surface area contributed by atoms with E-state index >= 15 is 0 Å². The standard InChI is InChI=1S/C19H38O2/c1-18(2)16-14-12-10-8-6-4-5-7-9-11-13-15-17-19(20)21-3/h18H,4-17H2,1-3H3. The monoisotopic (exact) mass is 298 g/mol. The van der Waals surface area contributed by atoms with Crippen molar-refractivity contribution in [3.05, 3.63) is 0 Å². The van der Waals surface area contributed by atoms with Crippen LogP contribution in [0.25, 0.3) is 0 Å². The molecule has 0 aliphatic heterocycles. The maximum absolute atomic E-state index is 10.9. The van der Waals surface area contributed by atoms with Crippen LogP contribution in [0.2, 0.25) is 0 Å². The van der Waals surface area contributed by atoms with E-state index in [2.05, 4.69) is 18.6 Å². The summed E-state index contributed by atoms with van der Waals surface area (Å²) < 4.78 is 4.63. The zero-order valence-electron chi connectivity index (χ0n) is 14.8. The smallest absolute Gasteiger partial charge is 0.305 e. The van der Waals surface area contributed by atoms with Gasteiger partial charge in [-0.05, 0) is 12.3 Å². The van der Waals surface area contributed by atoms with Crippen molar-refractivity contribution in [2.75, 3.05) is 7.11 Å². The van der Waals surface area contributed by atoms with Gasteiger partial charge in [-0.2, -0.15) is 0 Å². The average molecular weight is 299 g/mol. The van der Waals surface area contributed by atoms with E-state index in [1.54, 1.807) is 0 Å². The minimum Gasteiger partial charge on any atom is -0.469 e. The molecule has 0 atom stereocenters. The van der Waals surface area contributed by atoms with Crippen LogP contribution in [0, 0.1) is 5.92 Å². The summed E-state index contributed by atoms with van der Waals surface area (Å²) in [4.78, 5) is 10.9. The molecule has 0 radical (unpaired) electrons. The molecule has 0 aromatic heterocycles. The fraction of sp³-hybridized carbons (Fsp3) is 0.947. The molecule has 21 heavy (non-hydrogen) atoms. The molecule has 0 rings (SSSR count). The van der Waals surface area contributed by atoms with E-state index in [0.717, 1.165) is 12.3 Å². The largest absolute Gasteiger partial charge is 0.469 e. The highest BCUT2D eigenvalue weighted by molar-refractivity contribution is 5.68. The van der Waals surface area contributed by atoms with Crippen LogP contribution in [-0.2, 0) is 9.53 Å². The topological polar surface area (TPSA) is 26.3 Å². The maximum Gasteiger partial charge on any atom is 0.305 e. The molecule has 0 aliphatic rings. The highest BCUT2D eigenvalue weighted by Gasteiger charge is 1.99. The number of carbonyl (C=O) groups is 1. The van der Waals surface area contributed by atoms with Crippen LogP contribution in [0.5, 0.6) is 0 Å². The van der Waals surface area contributed by atoms with E-state index in [0.29, 0.717) is 6.42 Å². The molecule has 0 amide bonds. The lowest BCUT2D eigenvalue weighted by Gasteiger charge is -2.04. The third-order valence-corrected chi connectivity index (χ3v) is 4.14. The molecule has 0 N–H and O–H groups in total. The van der Waals surface area contributed by atoms with Gasteiger partial charge in [0.05, 0.1) is 7.11 Å². The Bertz CT molecular complexity index is 224. The molecule has 0 aromatic rings. The molecule has 0 saturated heterocycles. The minimum atomic E-state index is -0.0663. The van der Waals surface area contributed by atoms with Crippen molar-refractivity contribution in [3.8, 4) is 0 Å². The van der Waals surface area contributed by atoms with Crippen LogP contribution < -0.4 is 0 Å². The highest BCUT2D eigenvalue weighted by atomic mass is 16.5. The number of methoxy groups -OCH3 is 1. The fourth-order valence-corrected chi connectivity index (χ4v) is 2.69. The molecule has 0 spiro atoms. The summed E-state index contributed by atoms with van der Waals surface area (Å²) in [7, 11) is 1.46. The third-order valence-electron chi connectivity index (χ3n) is 4.14. The van der Waals surface area contributed by atoms with Crippen LogP contribution in [0.1, 0.15) is 104 Å². The Hall–Kier alpha value is -0.530. The number of unbranched alkanes of at least 4 members (excludes halogenated alkanes) is 11. The summed E-state index contributed by atoms with van der Waals surface area (Å²) in [6.07, 6.45) is 18.0. The van der Waals surface area contributed by atoms with Gasteiger partial charge in [0.2, 0.25) is 0 Å². The van der Waals surface area contributed by atoms with Gasteiger partial charge in [-0.1, -0.05) is 90.9 Å². The van der Waals surface area contributed by atoms with E-state index < -0.39 is 0 Å². The molecule has 0 heterocycles. The zero-order valence-corrected chi connectivity index (χ0v) is 14.8. The SMILES string of the molecule is COC(=O)CCCCCCCCCCCCCCC(C)C. The number of esters is 1. The van der Waals surface area contributed by atoms with Gasteiger partial charge in [-0.3, -0.25) is 4.79 Å². The summed E-state index contributed by atoms with van der Waals surface area (Å²) in [5.41, 5.74) is 0. The number of carbonyl (C=O) groups excluding carboxylic acids is 1. The maximum atomic E-state index is 10.9. The van der Waals surface area contributed by atoms with E-state index in [1.165, 1.54) is 84.2 Å². The highest BCUT2D eigenvalue weighted by Crippen LogP contribution is 2.14. The van der Waals surface area contributed by atoms with Crippen LogP contribution in [-0.4, -0.2) is 13.1 Å². The Morgan fingerprint density at radius 3 is 1.48 bits per heavy atom. The van der Waals surface area contributed by atoms with E-state index in [1.807, 2.05) is 0 Å². The van der Waals surface area contributed by atoms with Crippen molar-refractivity contribution in [3.63, 3.8) is 0 Å². The van der Waals surface area contributed by atoms with E-state index in [9.17, 15) is 4.79 Å². The lowest BCUT2D eigenvalue weighted by Crippen LogP contribution is -1.99. The molecular formula is C19H38O2. The Labute approximate surface area is 133 Å². The first-order chi connectivity index (χ1) is 10.2. The van der Waals surface area contributed by atoms with Crippen molar-refractivity contribution >= 4 is 5.97 Å². The second-order valence-corrected chi connectivity index (χ2v) is 6.75.